The van der Waals surface area contributed by atoms with E-state index in [1.807, 2.05) is 6.92 Å². The third kappa shape index (κ3) is 2.64. The van der Waals surface area contributed by atoms with E-state index in [0.717, 1.165) is 23.3 Å². The van der Waals surface area contributed by atoms with Gasteiger partial charge in [0.2, 0.25) is 0 Å². The minimum absolute atomic E-state index is 0.399. The maximum Gasteiger partial charge on any atom is 0.416 e. The number of benzene rings is 1. The maximum absolute atomic E-state index is 12.4. The molecule has 1 aromatic heterocycles. The SMILES string of the molecule is Cc1cn(Cc2ccc(C(F)(F)F)cc2)nc1N. The minimum Gasteiger partial charge on any atom is -0.382 e. The predicted octanol–water partition coefficient (Wildman–Crippen LogP) is 2.84. The first-order valence-corrected chi connectivity index (χ1v) is 5.32. The molecule has 96 valence electrons. The Balaban J connectivity index is 2.16. The number of nitrogens with two attached hydrogens (primary N) is 1. The van der Waals surface area contributed by atoms with Gasteiger partial charge in [0.05, 0.1) is 12.1 Å². The van der Waals surface area contributed by atoms with Crippen molar-refractivity contribution in [2.75, 3.05) is 5.73 Å². The van der Waals surface area contributed by atoms with Gasteiger partial charge in [0.25, 0.3) is 0 Å². The van der Waals surface area contributed by atoms with E-state index in [9.17, 15) is 13.2 Å². The number of nitrogen functional groups attached to an aromatic ring is 1. The van der Waals surface area contributed by atoms with Crippen LogP contribution in [0.5, 0.6) is 0 Å². The minimum atomic E-state index is -4.30. The van der Waals surface area contributed by atoms with Crippen molar-refractivity contribution in [3.63, 3.8) is 0 Å². The quantitative estimate of drug-likeness (QED) is 0.896. The Bertz CT molecular complexity index is 521. The molecular weight excluding hydrogens is 243 g/mol. The van der Waals surface area contributed by atoms with Crippen LogP contribution in [-0.2, 0) is 12.7 Å². The van der Waals surface area contributed by atoms with Crippen LogP contribution < -0.4 is 5.73 Å². The second kappa shape index (κ2) is 4.36. The molecule has 0 unspecified atom stereocenters. The fraction of sp³-hybridized carbons (Fsp3) is 0.250. The first kappa shape index (κ1) is 12.5. The number of anilines is 1. The van der Waals surface area contributed by atoms with Crippen LogP contribution in [0.15, 0.2) is 30.5 Å². The molecule has 0 saturated carbocycles. The third-order valence-corrected chi connectivity index (χ3v) is 2.61. The molecule has 1 heterocycles. The molecule has 18 heavy (non-hydrogen) atoms. The Labute approximate surface area is 102 Å². The van der Waals surface area contributed by atoms with E-state index >= 15 is 0 Å². The summed E-state index contributed by atoms with van der Waals surface area (Å²) in [5, 5.41) is 4.05. The summed E-state index contributed by atoms with van der Waals surface area (Å²) < 4.78 is 38.7. The smallest absolute Gasteiger partial charge is 0.382 e. The molecule has 2 aromatic rings. The van der Waals surface area contributed by atoms with Crippen LogP contribution in [-0.4, -0.2) is 9.78 Å². The molecule has 0 aliphatic heterocycles. The zero-order chi connectivity index (χ0) is 13.3. The summed E-state index contributed by atoms with van der Waals surface area (Å²) in [5.74, 6) is 0.432. The highest BCUT2D eigenvalue weighted by Crippen LogP contribution is 2.29. The van der Waals surface area contributed by atoms with Gasteiger partial charge in [-0.3, -0.25) is 4.68 Å². The number of aromatic nitrogens is 2. The Kier molecular flexibility index (Phi) is 3.02. The van der Waals surface area contributed by atoms with Crippen molar-refractivity contribution in [2.45, 2.75) is 19.6 Å². The Morgan fingerprint density at radius 1 is 1.22 bits per heavy atom. The summed E-state index contributed by atoms with van der Waals surface area (Å²) in [7, 11) is 0. The molecule has 2 N–H and O–H groups in total. The Hall–Kier alpha value is -1.98. The summed E-state index contributed by atoms with van der Waals surface area (Å²) >= 11 is 0. The van der Waals surface area contributed by atoms with Crippen molar-refractivity contribution in [2.24, 2.45) is 0 Å². The van der Waals surface area contributed by atoms with Crippen LogP contribution in [0.1, 0.15) is 16.7 Å². The lowest BCUT2D eigenvalue weighted by molar-refractivity contribution is -0.137. The lowest BCUT2D eigenvalue weighted by Gasteiger charge is -2.07. The zero-order valence-electron chi connectivity index (χ0n) is 9.70. The molecule has 0 amide bonds. The number of aryl methyl sites for hydroxylation is 1. The Morgan fingerprint density at radius 2 is 1.83 bits per heavy atom. The maximum atomic E-state index is 12.4. The van der Waals surface area contributed by atoms with Crippen LogP contribution in [0.2, 0.25) is 0 Å². The first-order valence-electron chi connectivity index (χ1n) is 5.32. The van der Waals surface area contributed by atoms with E-state index in [1.165, 1.54) is 12.1 Å². The summed E-state index contributed by atoms with van der Waals surface area (Å²) in [6, 6.07) is 5.01. The summed E-state index contributed by atoms with van der Waals surface area (Å²) in [5.41, 5.74) is 6.53. The highest BCUT2D eigenvalue weighted by Gasteiger charge is 2.29. The molecule has 0 aliphatic carbocycles. The number of alkyl halides is 3. The van der Waals surface area contributed by atoms with Crippen molar-refractivity contribution in [3.05, 3.63) is 47.2 Å². The summed E-state index contributed by atoms with van der Waals surface area (Å²) in [6.45, 7) is 2.22. The van der Waals surface area contributed by atoms with Crippen molar-refractivity contribution in [1.82, 2.24) is 9.78 Å². The van der Waals surface area contributed by atoms with Gasteiger partial charge >= 0.3 is 6.18 Å². The lowest BCUT2D eigenvalue weighted by Crippen LogP contribution is -2.06. The molecular formula is C12H12F3N3. The zero-order valence-corrected chi connectivity index (χ0v) is 9.70. The third-order valence-electron chi connectivity index (χ3n) is 2.61. The van der Waals surface area contributed by atoms with Crippen LogP contribution in [0.25, 0.3) is 0 Å². The topological polar surface area (TPSA) is 43.8 Å². The fourth-order valence-electron chi connectivity index (χ4n) is 1.60. The van der Waals surface area contributed by atoms with E-state index in [1.54, 1.807) is 10.9 Å². The van der Waals surface area contributed by atoms with Gasteiger partial charge in [0.1, 0.15) is 5.82 Å². The highest BCUT2D eigenvalue weighted by atomic mass is 19.4. The van der Waals surface area contributed by atoms with Crippen molar-refractivity contribution >= 4 is 5.82 Å². The highest BCUT2D eigenvalue weighted by molar-refractivity contribution is 5.36. The second-order valence-corrected chi connectivity index (χ2v) is 4.09. The predicted molar refractivity (Wildman–Crippen MR) is 61.9 cm³/mol. The van der Waals surface area contributed by atoms with Crippen molar-refractivity contribution < 1.29 is 13.2 Å². The van der Waals surface area contributed by atoms with Crippen LogP contribution in [0, 0.1) is 6.92 Å². The molecule has 0 bridgehead atoms. The van der Waals surface area contributed by atoms with E-state index in [2.05, 4.69) is 5.10 Å². The summed E-state index contributed by atoms with van der Waals surface area (Å²) in [4.78, 5) is 0. The monoisotopic (exact) mass is 255 g/mol. The molecule has 2 rings (SSSR count). The lowest BCUT2D eigenvalue weighted by atomic mass is 10.1. The normalized spacial score (nSPS) is 11.8. The van der Waals surface area contributed by atoms with Crippen LogP contribution in [0.3, 0.4) is 0 Å². The largest absolute Gasteiger partial charge is 0.416 e. The summed E-state index contributed by atoms with van der Waals surface area (Å²) in [6.07, 6.45) is -2.54. The molecule has 0 atom stereocenters. The molecule has 0 radical (unpaired) electrons. The van der Waals surface area contributed by atoms with Crippen LogP contribution >= 0.6 is 0 Å². The van der Waals surface area contributed by atoms with E-state index in [0.29, 0.717) is 12.4 Å². The molecule has 3 nitrogen and oxygen atoms in total. The number of halogens is 3. The van der Waals surface area contributed by atoms with Gasteiger partial charge in [-0.05, 0) is 24.6 Å². The standard InChI is InChI=1S/C12H12F3N3/c1-8-6-18(17-11(8)16)7-9-2-4-10(5-3-9)12(13,14)15/h2-6H,7H2,1H3,(H2,16,17). The van der Waals surface area contributed by atoms with E-state index < -0.39 is 11.7 Å². The number of nitrogens with zero attached hydrogens (tertiary/aromatic N) is 2. The van der Waals surface area contributed by atoms with Gasteiger partial charge in [-0.2, -0.15) is 18.3 Å². The van der Waals surface area contributed by atoms with E-state index in [4.69, 9.17) is 5.73 Å². The Morgan fingerprint density at radius 3 is 2.28 bits per heavy atom. The number of hydrogen-bond donors (Lipinski definition) is 1. The van der Waals surface area contributed by atoms with Gasteiger partial charge in [0, 0.05) is 11.8 Å². The number of hydrogen-bond acceptors (Lipinski definition) is 2. The first-order chi connectivity index (χ1) is 8.36. The molecule has 0 saturated heterocycles. The average Bonchev–Trinajstić information content (AvgIpc) is 2.57. The molecule has 6 heteroatoms. The van der Waals surface area contributed by atoms with Gasteiger partial charge in [-0.15, -0.1) is 0 Å². The second-order valence-electron chi connectivity index (χ2n) is 4.09. The van der Waals surface area contributed by atoms with Crippen molar-refractivity contribution in [1.29, 1.82) is 0 Å². The molecule has 1 aromatic carbocycles. The average molecular weight is 255 g/mol. The number of rotatable bonds is 2. The van der Waals surface area contributed by atoms with Gasteiger partial charge in [-0.25, -0.2) is 0 Å². The van der Waals surface area contributed by atoms with Crippen molar-refractivity contribution in [3.8, 4) is 0 Å². The fourth-order valence-corrected chi connectivity index (χ4v) is 1.60. The van der Waals surface area contributed by atoms with E-state index in [-0.39, 0.29) is 0 Å². The van der Waals surface area contributed by atoms with Gasteiger partial charge < -0.3 is 5.73 Å². The van der Waals surface area contributed by atoms with Gasteiger partial charge in [-0.1, -0.05) is 12.1 Å². The molecule has 0 fully saturated rings. The molecule has 0 aliphatic rings. The van der Waals surface area contributed by atoms with Crippen LogP contribution in [0.4, 0.5) is 19.0 Å². The molecule has 0 spiro atoms. The van der Waals surface area contributed by atoms with Gasteiger partial charge in [0.15, 0.2) is 0 Å².